The molecule has 9 heteroatoms. The number of amides is 2. The predicted octanol–water partition coefficient (Wildman–Crippen LogP) is 2.67. The zero-order valence-corrected chi connectivity index (χ0v) is 17.3. The summed E-state index contributed by atoms with van der Waals surface area (Å²) in [6.07, 6.45) is 2.83. The average molecular weight is 427 g/mol. The van der Waals surface area contributed by atoms with Gasteiger partial charge in [-0.25, -0.2) is 13.4 Å². The van der Waals surface area contributed by atoms with Crippen LogP contribution in [0.2, 0.25) is 0 Å². The van der Waals surface area contributed by atoms with Gasteiger partial charge in [0.05, 0.1) is 16.9 Å². The Bertz CT molecular complexity index is 1160. The molecule has 30 heavy (non-hydrogen) atoms. The topological polar surface area (TPSA) is 110 Å². The van der Waals surface area contributed by atoms with Gasteiger partial charge in [-0.2, -0.15) is 0 Å². The molecule has 0 fully saturated rings. The highest BCUT2D eigenvalue weighted by Gasteiger charge is 2.25. The molecular formula is C21H21N3O5S. The molecule has 0 spiro atoms. The SMILES string of the molecule is Cc1ccnc(NC(=O)CN(C)C(=O)c2occc2CS(=O)(=O)c2ccccc2)c1. The van der Waals surface area contributed by atoms with Gasteiger partial charge in [-0.15, -0.1) is 0 Å². The molecule has 0 aliphatic rings. The first-order valence-corrected chi connectivity index (χ1v) is 10.7. The number of nitrogens with one attached hydrogen (secondary N) is 1. The monoisotopic (exact) mass is 427 g/mol. The number of aryl methyl sites for hydroxylation is 1. The highest BCUT2D eigenvalue weighted by molar-refractivity contribution is 7.90. The Kier molecular flexibility index (Phi) is 6.31. The summed E-state index contributed by atoms with van der Waals surface area (Å²) in [5.41, 5.74) is 1.17. The molecule has 0 saturated carbocycles. The number of nitrogens with zero attached hydrogens (tertiary/aromatic N) is 2. The summed E-state index contributed by atoms with van der Waals surface area (Å²) in [5, 5.41) is 2.62. The van der Waals surface area contributed by atoms with Gasteiger partial charge < -0.3 is 14.6 Å². The van der Waals surface area contributed by atoms with Crippen molar-refractivity contribution in [3.8, 4) is 0 Å². The molecule has 0 saturated heterocycles. The Morgan fingerprint density at radius 3 is 2.57 bits per heavy atom. The Morgan fingerprint density at radius 2 is 1.87 bits per heavy atom. The standard InChI is InChI=1S/C21H21N3O5S/c1-15-8-10-22-18(12-15)23-19(25)13-24(2)21(26)20-16(9-11-29-20)14-30(27,28)17-6-4-3-5-7-17/h3-12H,13-14H2,1-2H3,(H,22,23,25). The second kappa shape index (κ2) is 8.91. The normalized spacial score (nSPS) is 11.1. The molecular weight excluding hydrogens is 406 g/mol. The summed E-state index contributed by atoms with van der Waals surface area (Å²) < 4.78 is 30.5. The maximum Gasteiger partial charge on any atom is 0.290 e. The van der Waals surface area contributed by atoms with E-state index in [1.807, 2.05) is 6.92 Å². The quantitative estimate of drug-likeness (QED) is 0.621. The summed E-state index contributed by atoms with van der Waals surface area (Å²) in [7, 11) is -2.22. The number of sulfone groups is 1. The first-order chi connectivity index (χ1) is 14.3. The van der Waals surface area contributed by atoms with E-state index in [-0.39, 0.29) is 28.5 Å². The van der Waals surface area contributed by atoms with Gasteiger partial charge in [0.25, 0.3) is 5.91 Å². The van der Waals surface area contributed by atoms with Crippen molar-refractivity contribution in [3.05, 3.63) is 77.9 Å². The third kappa shape index (κ3) is 5.12. The van der Waals surface area contributed by atoms with Crippen LogP contribution in [0.3, 0.4) is 0 Å². The molecule has 0 unspecified atom stereocenters. The molecule has 3 aromatic rings. The molecule has 0 radical (unpaired) electrons. The summed E-state index contributed by atoms with van der Waals surface area (Å²) in [5.74, 6) is -1.14. The van der Waals surface area contributed by atoms with Crippen LogP contribution in [0.25, 0.3) is 0 Å². The highest BCUT2D eigenvalue weighted by atomic mass is 32.2. The van der Waals surface area contributed by atoms with Crippen molar-refractivity contribution in [3.63, 3.8) is 0 Å². The first kappa shape index (κ1) is 21.3. The van der Waals surface area contributed by atoms with E-state index in [1.165, 1.54) is 31.5 Å². The van der Waals surface area contributed by atoms with Gasteiger partial charge in [0.2, 0.25) is 5.91 Å². The van der Waals surface area contributed by atoms with Gasteiger partial charge in [-0.05, 0) is 42.8 Å². The van der Waals surface area contributed by atoms with Crippen LogP contribution in [0.15, 0.2) is 70.3 Å². The van der Waals surface area contributed by atoms with Crippen LogP contribution in [0.1, 0.15) is 21.7 Å². The minimum Gasteiger partial charge on any atom is -0.459 e. The molecule has 2 heterocycles. The van der Waals surface area contributed by atoms with Gasteiger partial charge >= 0.3 is 0 Å². The largest absolute Gasteiger partial charge is 0.459 e. The fourth-order valence-electron chi connectivity index (χ4n) is 2.80. The number of hydrogen-bond donors (Lipinski definition) is 1. The molecule has 156 valence electrons. The van der Waals surface area contributed by atoms with E-state index >= 15 is 0 Å². The van der Waals surface area contributed by atoms with Gasteiger partial charge in [-0.3, -0.25) is 9.59 Å². The lowest BCUT2D eigenvalue weighted by atomic mass is 10.2. The number of furan rings is 1. The average Bonchev–Trinajstić information content (AvgIpc) is 3.15. The number of rotatable bonds is 7. The molecule has 8 nitrogen and oxygen atoms in total. The number of likely N-dealkylation sites (N-methyl/N-ethyl adjacent to an activating group) is 1. The van der Waals surface area contributed by atoms with Crippen molar-refractivity contribution < 1.29 is 22.4 Å². The van der Waals surface area contributed by atoms with Crippen LogP contribution in [0.4, 0.5) is 5.82 Å². The Labute approximate surface area is 174 Å². The molecule has 1 aromatic carbocycles. The molecule has 2 amide bonds. The summed E-state index contributed by atoms with van der Waals surface area (Å²) >= 11 is 0. The number of benzene rings is 1. The molecule has 0 aliphatic heterocycles. The smallest absolute Gasteiger partial charge is 0.290 e. The molecule has 3 rings (SSSR count). The van der Waals surface area contributed by atoms with Crippen molar-refractivity contribution >= 4 is 27.5 Å². The number of carbonyl (C=O) groups excluding carboxylic acids is 2. The summed E-state index contributed by atoms with van der Waals surface area (Å²) in [6, 6.07) is 12.9. The fourth-order valence-corrected chi connectivity index (χ4v) is 4.18. The van der Waals surface area contributed by atoms with Crippen LogP contribution in [-0.2, 0) is 20.4 Å². The summed E-state index contributed by atoms with van der Waals surface area (Å²) in [4.78, 5) is 30.3. The summed E-state index contributed by atoms with van der Waals surface area (Å²) in [6.45, 7) is 1.62. The van der Waals surface area contributed by atoms with Crippen molar-refractivity contribution in [1.29, 1.82) is 0 Å². The van der Waals surface area contributed by atoms with Gasteiger partial charge in [0.1, 0.15) is 12.4 Å². The van der Waals surface area contributed by atoms with E-state index in [4.69, 9.17) is 4.42 Å². The Morgan fingerprint density at radius 1 is 1.13 bits per heavy atom. The van der Waals surface area contributed by atoms with Crippen molar-refractivity contribution in [2.24, 2.45) is 0 Å². The lowest BCUT2D eigenvalue weighted by Crippen LogP contribution is -2.35. The first-order valence-electron chi connectivity index (χ1n) is 9.08. The van der Waals surface area contributed by atoms with Gasteiger partial charge in [0, 0.05) is 18.8 Å². The molecule has 0 atom stereocenters. The van der Waals surface area contributed by atoms with E-state index in [1.54, 1.807) is 36.5 Å². The van der Waals surface area contributed by atoms with E-state index in [9.17, 15) is 18.0 Å². The predicted molar refractivity (Wildman–Crippen MR) is 111 cm³/mol. The third-order valence-electron chi connectivity index (χ3n) is 4.30. The number of anilines is 1. The lowest BCUT2D eigenvalue weighted by molar-refractivity contribution is -0.116. The second-order valence-electron chi connectivity index (χ2n) is 6.77. The molecule has 1 N–H and O–H groups in total. The van der Waals surface area contributed by atoms with Crippen LogP contribution in [0.5, 0.6) is 0 Å². The van der Waals surface area contributed by atoms with Crippen LogP contribution < -0.4 is 5.32 Å². The van der Waals surface area contributed by atoms with Gasteiger partial charge in [0.15, 0.2) is 15.6 Å². The maximum absolute atomic E-state index is 12.7. The zero-order chi connectivity index (χ0) is 21.7. The van der Waals surface area contributed by atoms with E-state index < -0.39 is 21.7 Å². The number of aromatic nitrogens is 1. The number of pyridine rings is 1. The van der Waals surface area contributed by atoms with Crippen LogP contribution in [-0.4, -0.2) is 43.7 Å². The minimum atomic E-state index is -3.65. The second-order valence-corrected chi connectivity index (χ2v) is 8.76. The minimum absolute atomic E-state index is 0.113. The lowest BCUT2D eigenvalue weighted by Gasteiger charge is -2.16. The molecule has 2 aromatic heterocycles. The number of hydrogen-bond acceptors (Lipinski definition) is 6. The van der Waals surface area contributed by atoms with Gasteiger partial charge in [-0.1, -0.05) is 18.2 Å². The van der Waals surface area contributed by atoms with Crippen molar-refractivity contribution in [1.82, 2.24) is 9.88 Å². The van der Waals surface area contributed by atoms with E-state index in [0.717, 1.165) is 10.5 Å². The maximum atomic E-state index is 12.7. The molecule has 0 aliphatic carbocycles. The van der Waals surface area contributed by atoms with Crippen molar-refractivity contribution in [2.45, 2.75) is 17.6 Å². The van der Waals surface area contributed by atoms with Crippen LogP contribution in [0, 0.1) is 6.92 Å². The number of carbonyl (C=O) groups is 2. The highest BCUT2D eigenvalue weighted by Crippen LogP contribution is 2.21. The fraction of sp³-hybridized carbons (Fsp3) is 0.190. The zero-order valence-electron chi connectivity index (χ0n) is 16.5. The van der Waals surface area contributed by atoms with Crippen LogP contribution >= 0.6 is 0 Å². The van der Waals surface area contributed by atoms with E-state index in [0.29, 0.717) is 5.82 Å². The van der Waals surface area contributed by atoms with E-state index in [2.05, 4.69) is 10.3 Å². The Hall–Kier alpha value is -3.46. The molecule has 0 bridgehead atoms. The van der Waals surface area contributed by atoms with Crippen molar-refractivity contribution in [2.75, 3.05) is 18.9 Å². The Balaban J connectivity index is 1.69. The third-order valence-corrected chi connectivity index (χ3v) is 5.98.